The molecule has 0 radical (unpaired) electrons. The molecule has 0 unspecified atom stereocenters. The van der Waals surface area contributed by atoms with Gasteiger partial charge in [-0.3, -0.25) is 0 Å². The first-order chi connectivity index (χ1) is 9.83. The van der Waals surface area contributed by atoms with E-state index in [1.165, 1.54) is 84.2 Å². The molecule has 20 heavy (non-hydrogen) atoms. The molecule has 2 saturated heterocycles. The van der Waals surface area contributed by atoms with Gasteiger partial charge in [0.15, 0.2) is 0 Å². The number of nitrogens with one attached hydrogen (secondary N) is 1. The fraction of sp³-hybridized carbons (Fsp3) is 1.00. The van der Waals surface area contributed by atoms with E-state index < -0.39 is 0 Å². The van der Waals surface area contributed by atoms with E-state index in [1.807, 2.05) is 0 Å². The molecule has 2 aliphatic heterocycles. The standard InChI is InChI=1S/C17H35N3/c1-3-16(4-2)18-10-15-19-13-8-17(9-14-19)20-11-6-5-7-12-20/h16-18H,3-15H2,1-2H3. The molecule has 0 spiro atoms. The fourth-order valence-electron chi connectivity index (χ4n) is 3.80. The van der Waals surface area contributed by atoms with Crippen molar-refractivity contribution in [2.75, 3.05) is 39.3 Å². The summed E-state index contributed by atoms with van der Waals surface area (Å²) < 4.78 is 0. The van der Waals surface area contributed by atoms with Gasteiger partial charge in [-0.1, -0.05) is 20.3 Å². The summed E-state index contributed by atoms with van der Waals surface area (Å²) in [6.45, 7) is 12.3. The molecular weight excluding hydrogens is 246 g/mol. The zero-order valence-corrected chi connectivity index (χ0v) is 13.7. The van der Waals surface area contributed by atoms with Crippen LogP contribution in [0.2, 0.25) is 0 Å². The van der Waals surface area contributed by atoms with Crippen molar-refractivity contribution in [2.24, 2.45) is 0 Å². The quantitative estimate of drug-likeness (QED) is 0.774. The summed E-state index contributed by atoms with van der Waals surface area (Å²) in [7, 11) is 0. The lowest BCUT2D eigenvalue weighted by Gasteiger charge is -2.40. The van der Waals surface area contributed by atoms with Gasteiger partial charge in [0, 0.05) is 25.2 Å². The van der Waals surface area contributed by atoms with Crippen molar-refractivity contribution in [1.29, 1.82) is 0 Å². The Morgan fingerprint density at radius 3 is 2.20 bits per heavy atom. The van der Waals surface area contributed by atoms with Crippen LogP contribution in [0.4, 0.5) is 0 Å². The summed E-state index contributed by atoms with van der Waals surface area (Å²) in [6.07, 6.45) is 9.62. The number of hydrogen-bond donors (Lipinski definition) is 1. The topological polar surface area (TPSA) is 18.5 Å². The average Bonchev–Trinajstić information content (AvgIpc) is 2.53. The highest BCUT2D eigenvalue weighted by Gasteiger charge is 2.25. The molecular formula is C17H35N3. The van der Waals surface area contributed by atoms with Gasteiger partial charge in [-0.25, -0.2) is 0 Å². The highest BCUT2D eigenvalue weighted by atomic mass is 15.2. The summed E-state index contributed by atoms with van der Waals surface area (Å²) in [5, 5.41) is 3.69. The lowest BCUT2D eigenvalue weighted by molar-refractivity contribution is 0.0926. The van der Waals surface area contributed by atoms with Crippen molar-refractivity contribution in [2.45, 2.75) is 70.9 Å². The Labute approximate surface area is 126 Å². The highest BCUT2D eigenvalue weighted by molar-refractivity contribution is 4.81. The van der Waals surface area contributed by atoms with E-state index in [-0.39, 0.29) is 0 Å². The molecule has 0 aromatic heterocycles. The van der Waals surface area contributed by atoms with E-state index in [2.05, 4.69) is 29.0 Å². The maximum absolute atomic E-state index is 3.69. The van der Waals surface area contributed by atoms with E-state index in [4.69, 9.17) is 0 Å². The van der Waals surface area contributed by atoms with Crippen LogP contribution < -0.4 is 5.32 Å². The molecule has 2 aliphatic rings. The Hall–Kier alpha value is -0.120. The van der Waals surface area contributed by atoms with Crippen molar-refractivity contribution < 1.29 is 0 Å². The largest absolute Gasteiger partial charge is 0.313 e. The number of rotatable bonds is 7. The van der Waals surface area contributed by atoms with Gasteiger partial charge >= 0.3 is 0 Å². The lowest BCUT2D eigenvalue weighted by atomic mass is 10.00. The van der Waals surface area contributed by atoms with Crippen LogP contribution in [0.1, 0.15) is 58.8 Å². The van der Waals surface area contributed by atoms with E-state index >= 15 is 0 Å². The van der Waals surface area contributed by atoms with Crippen LogP contribution >= 0.6 is 0 Å². The Kier molecular flexibility index (Phi) is 7.32. The SMILES string of the molecule is CCC(CC)NCCN1CCC(N2CCCCC2)CC1. The monoisotopic (exact) mass is 281 g/mol. The van der Waals surface area contributed by atoms with Gasteiger partial charge in [0.1, 0.15) is 0 Å². The minimum absolute atomic E-state index is 0.723. The maximum Gasteiger partial charge on any atom is 0.0120 e. The second kappa shape index (κ2) is 9.01. The first kappa shape index (κ1) is 16.3. The van der Waals surface area contributed by atoms with Crippen LogP contribution in [0, 0.1) is 0 Å². The van der Waals surface area contributed by atoms with E-state index in [9.17, 15) is 0 Å². The highest BCUT2D eigenvalue weighted by Crippen LogP contribution is 2.20. The Morgan fingerprint density at radius 2 is 1.60 bits per heavy atom. The molecule has 0 atom stereocenters. The minimum Gasteiger partial charge on any atom is -0.313 e. The zero-order chi connectivity index (χ0) is 14.2. The molecule has 2 rings (SSSR count). The lowest BCUT2D eigenvalue weighted by Crippen LogP contribution is -2.48. The molecule has 0 aromatic carbocycles. The van der Waals surface area contributed by atoms with Crippen LogP contribution in [0.15, 0.2) is 0 Å². The van der Waals surface area contributed by atoms with Gasteiger partial charge in [-0.2, -0.15) is 0 Å². The fourth-order valence-corrected chi connectivity index (χ4v) is 3.80. The number of hydrogen-bond acceptors (Lipinski definition) is 3. The minimum atomic E-state index is 0.723. The predicted molar refractivity (Wildman–Crippen MR) is 87.3 cm³/mol. The molecule has 0 bridgehead atoms. The number of likely N-dealkylation sites (tertiary alicyclic amines) is 2. The summed E-state index contributed by atoms with van der Waals surface area (Å²) in [5.41, 5.74) is 0. The molecule has 2 fully saturated rings. The average molecular weight is 281 g/mol. The van der Waals surface area contributed by atoms with Crippen LogP contribution in [0.5, 0.6) is 0 Å². The van der Waals surface area contributed by atoms with Crippen molar-refractivity contribution in [1.82, 2.24) is 15.1 Å². The van der Waals surface area contributed by atoms with Gasteiger partial charge < -0.3 is 15.1 Å². The third-order valence-electron chi connectivity index (χ3n) is 5.31. The van der Waals surface area contributed by atoms with Gasteiger partial charge in [0.05, 0.1) is 0 Å². The first-order valence-corrected chi connectivity index (χ1v) is 9.03. The molecule has 3 nitrogen and oxygen atoms in total. The van der Waals surface area contributed by atoms with Gasteiger partial charge in [0.25, 0.3) is 0 Å². The number of nitrogens with zero attached hydrogens (tertiary/aromatic N) is 2. The third-order valence-corrected chi connectivity index (χ3v) is 5.31. The van der Waals surface area contributed by atoms with Crippen LogP contribution in [0.25, 0.3) is 0 Å². The van der Waals surface area contributed by atoms with Gasteiger partial charge in [-0.05, 0) is 64.7 Å². The second-order valence-corrected chi connectivity index (χ2v) is 6.64. The Balaban J connectivity index is 1.59. The van der Waals surface area contributed by atoms with Crippen molar-refractivity contribution in [3.05, 3.63) is 0 Å². The van der Waals surface area contributed by atoms with E-state index in [0.29, 0.717) is 0 Å². The van der Waals surface area contributed by atoms with Gasteiger partial charge in [0.2, 0.25) is 0 Å². The molecule has 0 aromatic rings. The molecule has 1 N–H and O–H groups in total. The number of piperidine rings is 2. The summed E-state index contributed by atoms with van der Waals surface area (Å²) in [4.78, 5) is 5.43. The van der Waals surface area contributed by atoms with Crippen molar-refractivity contribution in [3.8, 4) is 0 Å². The van der Waals surface area contributed by atoms with Crippen molar-refractivity contribution >= 4 is 0 Å². The molecule has 0 amide bonds. The summed E-state index contributed by atoms with van der Waals surface area (Å²) in [5.74, 6) is 0. The van der Waals surface area contributed by atoms with Crippen LogP contribution in [0.3, 0.4) is 0 Å². The molecule has 0 saturated carbocycles. The molecule has 2 heterocycles. The summed E-state index contributed by atoms with van der Waals surface area (Å²) in [6, 6.07) is 1.61. The van der Waals surface area contributed by atoms with Gasteiger partial charge in [-0.15, -0.1) is 0 Å². The zero-order valence-electron chi connectivity index (χ0n) is 13.7. The van der Waals surface area contributed by atoms with E-state index in [0.717, 1.165) is 12.1 Å². The first-order valence-electron chi connectivity index (χ1n) is 9.03. The second-order valence-electron chi connectivity index (χ2n) is 6.64. The smallest absolute Gasteiger partial charge is 0.0120 e. The third kappa shape index (κ3) is 5.01. The Morgan fingerprint density at radius 1 is 0.950 bits per heavy atom. The molecule has 0 aliphatic carbocycles. The molecule has 3 heteroatoms. The van der Waals surface area contributed by atoms with E-state index in [1.54, 1.807) is 0 Å². The maximum atomic E-state index is 3.69. The predicted octanol–water partition coefficient (Wildman–Crippen LogP) is 2.71. The van der Waals surface area contributed by atoms with Crippen LogP contribution in [-0.4, -0.2) is 61.2 Å². The normalized spacial score (nSPS) is 23.6. The Bertz CT molecular complexity index is 239. The van der Waals surface area contributed by atoms with Crippen molar-refractivity contribution in [3.63, 3.8) is 0 Å². The van der Waals surface area contributed by atoms with Crippen LogP contribution in [-0.2, 0) is 0 Å². The molecule has 118 valence electrons. The summed E-state index contributed by atoms with van der Waals surface area (Å²) >= 11 is 0.